The molecule has 112 valence electrons. The summed E-state index contributed by atoms with van der Waals surface area (Å²) in [5, 5.41) is 0.517. The molecule has 0 saturated carbocycles. The van der Waals surface area contributed by atoms with Crippen molar-refractivity contribution < 1.29 is 0 Å². The van der Waals surface area contributed by atoms with Crippen molar-refractivity contribution in [3.8, 4) is 0 Å². The van der Waals surface area contributed by atoms with Crippen LogP contribution in [-0.2, 0) is 6.54 Å². The number of halogens is 2. The number of anilines is 1. The van der Waals surface area contributed by atoms with Crippen LogP contribution < -0.4 is 4.90 Å². The summed E-state index contributed by atoms with van der Waals surface area (Å²) >= 11 is 11.3. The highest BCUT2D eigenvalue weighted by molar-refractivity contribution is 9.11. The first-order chi connectivity index (χ1) is 10.1. The maximum atomic E-state index is 6.02. The van der Waals surface area contributed by atoms with E-state index in [0.717, 1.165) is 44.4 Å². The topological polar surface area (TPSA) is 32.3 Å². The molecule has 3 rings (SSSR count). The van der Waals surface area contributed by atoms with Crippen molar-refractivity contribution in [1.82, 2.24) is 14.9 Å². The summed E-state index contributed by atoms with van der Waals surface area (Å²) < 4.78 is 1.20. The quantitative estimate of drug-likeness (QED) is 0.754. The van der Waals surface area contributed by atoms with Crippen LogP contribution in [0.3, 0.4) is 0 Å². The second-order valence-electron chi connectivity index (χ2n) is 5.07. The van der Waals surface area contributed by atoms with Gasteiger partial charge in [-0.3, -0.25) is 4.90 Å². The number of hydrogen-bond acceptors (Lipinski definition) is 5. The van der Waals surface area contributed by atoms with E-state index in [0.29, 0.717) is 5.15 Å². The largest absolute Gasteiger partial charge is 0.354 e. The first-order valence-corrected chi connectivity index (χ1v) is 8.81. The van der Waals surface area contributed by atoms with E-state index in [1.165, 1.54) is 8.66 Å². The zero-order valence-corrected chi connectivity index (χ0v) is 14.9. The van der Waals surface area contributed by atoms with Crippen molar-refractivity contribution in [2.45, 2.75) is 13.5 Å². The molecule has 2 aromatic heterocycles. The highest BCUT2D eigenvalue weighted by atomic mass is 79.9. The molecule has 1 saturated heterocycles. The summed E-state index contributed by atoms with van der Waals surface area (Å²) in [4.78, 5) is 14.7. The smallest absolute Gasteiger partial charge is 0.134 e. The second-order valence-corrected chi connectivity index (χ2v) is 8.00. The standard InChI is InChI=1S/C14H16BrClN4S/c1-10-17-13(16)8-14(18-10)20-6-4-19(5-7-20)9-11-2-3-12(15)21-11/h2-3,8H,4-7,9H2,1H3. The van der Waals surface area contributed by atoms with Crippen LogP contribution in [0.25, 0.3) is 0 Å². The molecular formula is C14H16BrClN4S. The maximum Gasteiger partial charge on any atom is 0.134 e. The molecule has 0 radical (unpaired) electrons. The van der Waals surface area contributed by atoms with Crippen molar-refractivity contribution >= 4 is 44.7 Å². The minimum Gasteiger partial charge on any atom is -0.354 e. The van der Waals surface area contributed by atoms with Crippen LogP contribution in [0.15, 0.2) is 22.0 Å². The highest BCUT2D eigenvalue weighted by Crippen LogP contribution is 2.24. The van der Waals surface area contributed by atoms with Gasteiger partial charge in [0.15, 0.2) is 0 Å². The fourth-order valence-corrected chi connectivity index (χ4v) is 4.22. The molecular weight excluding hydrogens is 372 g/mol. The summed E-state index contributed by atoms with van der Waals surface area (Å²) in [7, 11) is 0. The molecule has 0 N–H and O–H groups in total. The van der Waals surface area contributed by atoms with E-state index in [1.54, 1.807) is 11.3 Å². The van der Waals surface area contributed by atoms with Crippen molar-refractivity contribution in [3.05, 3.63) is 37.8 Å². The van der Waals surface area contributed by atoms with Crippen LogP contribution in [0, 0.1) is 6.92 Å². The predicted octanol–water partition coefficient (Wildman–Crippen LogP) is 3.58. The Balaban J connectivity index is 1.59. The van der Waals surface area contributed by atoms with Gasteiger partial charge in [0.2, 0.25) is 0 Å². The number of aryl methyl sites for hydroxylation is 1. The Kier molecular flexibility index (Phi) is 4.78. The summed E-state index contributed by atoms with van der Waals surface area (Å²) in [5.41, 5.74) is 0. The minimum absolute atomic E-state index is 0.517. The Hall–Kier alpha value is -0.690. The van der Waals surface area contributed by atoms with Gasteiger partial charge in [-0.1, -0.05) is 11.6 Å². The lowest BCUT2D eigenvalue weighted by Crippen LogP contribution is -2.46. The van der Waals surface area contributed by atoms with E-state index >= 15 is 0 Å². The average molecular weight is 388 g/mol. The lowest BCUT2D eigenvalue weighted by molar-refractivity contribution is 0.251. The summed E-state index contributed by atoms with van der Waals surface area (Å²) in [5.74, 6) is 1.66. The maximum absolute atomic E-state index is 6.02. The minimum atomic E-state index is 0.517. The Morgan fingerprint density at radius 3 is 2.62 bits per heavy atom. The molecule has 1 aliphatic rings. The second kappa shape index (κ2) is 6.60. The molecule has 0 bridgehead atoms. The van der Waals surface area contributed by atoms with Gasteiger partial charge >= 0.3 is 0 Å². The van der Waals surface area contributed by atoms with E-state index < -0.39 is 0 Å². The van der Waals surface area contributed by atoms with Gasteiger partial charge in [0.25, 0.3) is 0 Å². The zero-order chi connectivity index (χ0) is 14.8. The van der Waals surface area contributed by atoms with Gasteiger partial charge in [0, 0.05) is 43.7 Å². The van der Waals surface area contributed by atoms with Crippen molar-refractivity contribution in [2.24, 2.45) is 0 Å². The van der Waals surface area contributed by atoms with Crippen LogP contribution in [0.4, 0.5) is 5.82 Å². The Morgan fingerprint density at radius 1 is 1.24 bits per heavy atom. The predicted molar refractivity (Wildman–Crippen MR) is 91.3 cm³/mol. The van der Waals surface area contributed by atoms with Gasteiger partial charge in [-0.25, -0.2) is 9.97 Å². The summed E-state index contributed by atoms with van der Waals surface area (Å²) in [6, 6.07) is 6.15. The molecule has 1 aliphatic heterocycles. The van der Waals surface area contributed by atoms with Crippen LogP contribution in [0.1, 0.15) is 10.7 Å². The third-order valence-corrected chi connectivity index (χ3v) is 5.30. The number of hydrogen-bond donors (Lipinski definition) is 0. The molecule has 3 heterocycles. The molecule has 21 heavy (non-hydrogen) atoms. The van der Waals surface area contributed by atoms with Crippen molar-refractivity contribution in [2.75, 3.05) is 31.1 Å². The summed E-state index contributed by atoms with van der Waals surface area (Å²) in [6.07, 6.45) is 0. The van der Waals surface area contributed by atoms with E-state index in [4.69, 9.17) is 11.6 Å². The number of aromatic nitrogens is 2. The third-order valence-electron chi connectivity index (χ3n) is 3.50. The Morgan fingerprint density at radius 2 is 2.00 bits per heavy atom. The molecule has 7 heteroatoms. The average Bonchev–Trinajstić information content (AvgIpc) is 2.84. The van der Waals surface area contributed by atoms with Gasteiger partial charge < -0.3 is 4.90 Å². The van der Waals surface area contributed by atoms with Gasteiger partial charge in [-0.15, -0.1) is 11.3 Å². The molecule has 0 spiro atoms. The van der Waals surface area contributed by atoms with Crippen LogP contribution in [0.2, 0.25) is 5.15 Å². The fourth-order valence-electron chi connectivity index (χ4n) is 2.47. The number of piperazine rings is 1. The van der Waals surface area contributed by atoms with Crippen molar-refractivity contribution in [1.29, 1.82) is 0 Å². The van der Waals surface area contributed by atoms with E-state index in [2.05, 4.69) is 47.8 Å². The van der Waals surface area contributed by atoms with Gasteiger partial charge in [-0.05, 0) is 35.0 Å². The van der Waals surface area contributed by atoms with E-state index in [9.17, 15) is 0 Å². The zero-order valence-electron chi connectivity index (χ0n) is 11.7. The summed E-state index contributed by atoms with van der Waals surface area (Å²) in [6.45, 7) is 6.92. The van der Waals surface area contributed by atoms with Crippen LogP contribution in [-0.4, -0.2) is 41.0 Å². The third kappa shape index (κ3) is 3.94. The molecule has 0 unspecified atom stereocenters. The molecule has 0 amide bonds. The van der Waals surface area contributed by atoms with Crippen molar-refractivity contribution in [3.63, 3.8) is 0 Å². The SMILES string of the molecule is Cc1nc(Cl)cc(N2CCN(Cc3ccc(Br)s3)CC2)n1. The van der Waals surface area contributed by atoms with Gasteiger partial charge in [0.05, 0.1) is 3.79 Å². The molecule has 0 aliphatic carbocycles. The number of rotatable bonds is 3. The number of nitrogens with zero attached hydrogens (tertiary/aromatic N) is 4. The molecule has 0 atom stereocenters. The monoisotopic (exact) mass is 386 g/mol. The Bertz CT molecular complexity index is 605. The van der Waals surface area contributed by atoms with Gasteiger partial charge in [0.1, 0.15) is 16.8 Å². The normalized spacial score (nSPS) is 16.4. The first-order valence-electron chi connectivity index (χ1n) is 6.83. The Labute approximate surface area is 141 Å². The van der Waals surface area contributed by atoms with Crippen LogP contribution in [0.5, 0.6) is 0 Å². The molecule has 1 fully saturated rings. The molecule has 2 aromatic rings. The van der Waals surface area contributed by atoms with E-state index in [-0.39, 0.29) is 0 Å². The first kappa shape index (κ1) is 15.2. The molecule has 0 aromatic carbocycles. The van der Waals surface area contributed by atoms with E-state index in [1.807, 2.05) is 13.0 Å². The molecule has 4 nitrogen and oxygen atoms in total. The lowest BCUT2D eigenvalue weighted by Gasteiger charge is -2.35. The van der Waals surface area contributed by atoms with Gasteiger partial charge in [-0.2, -0.15) is 0 Å². The lowest BCUT2D eigenvalue weighted by atomic mass is 10.3. The number of thiophene rings is 1. The fraction of sp³-hybridized carbons (Fsp3) is 0.429. The highest BCUT2D eigenvalue weighted by Gasteiger charge is 2.19. The van der Waals surface area contributed by atoms with Crippen LogP contribution >= 0.6 is 38.9 Å².